The van der Waals surface area contributed by atoms with E-state index in [1.165, 1.54) is 0 Å². The lowest BCUT2D eigenvalue weighted by molar-refractivity contribution is -0.142. The van der Waals surface area contributed by atoms with E-state index in [0.717, 1.165) is 27.6 Å². The molecule has 0 saturated carbocycles. The first-order valence-corrected chi connectivity index (χ1v) is 14.9. The molecule has 6 rings (SSSR count). The van der Waals surface area contributed by atoms with Crippen LogP contribution in [-0.2, 0) is 33.6 Å². The number of nitrogens with zero attached hydrogens (tertiary/aromatic N) is 1. The van der Waals surface area contributed by atoms with Crippen LogP contribution in [0.2, 0.25) is 0 Å². The molecule has 2 fully saturated rings. The number of carbonyl (C=O) groups is 3. The number of hydrogen-bond donors (Lipinski definition) is 5. The Morgan fingerprint density at radius 2 is 1.40 bits per heavy atom. The molecule has 0 radical (unpaired) electrons. The summed E-state index contributed by atoms with van der Waals surface area (Å²) in [5.74, 6) is -0.966. The molecule has 2 aliphatic heterocycles. The van der Waals surface area contributed by atoms with Gasteiger partial charge in [0.05, 0.1) is 12.1 Å². The minimum atomic E-state index is -1.25. The topological polar surface area (TPSA) is 127 Å². The van der Waals surface area contributed by atoms with Crippen molar-refractivity contribution >= 4 is 28.6 Å². The van der Waals surface area contributed by atoms with Gasteiger partial charge in [-0.05, 0) is 48.4 Å². The standard InChI is InChI=1S/C34H37N5O4/c40-31-27(18-22-10-3-1-4-11-22)37-33(42)30-16-9-17-39(30)34(43)29(19-23-12-5-2-6-13-23)38-32(41)28(36-31)20-24-21-35-26-15-8-7-14-25(24)26/h1-8,10-15,21,27-30,32,35,38,41H,9,16-20H2,(H,36,40)(H,37,42)/t27-,28+,29+,30-,32?/m1/s1. The van der Waals surface area contributed by atoms with Crippen LogP contribution in [0.4, 0.5) is 0 Å². The van der Waals surface area contributed by atoms with Gasteiger partial charge in [0.1, 0.15) is 18.3 Å². The fraction of sp³-hybridized carbons (Fsp3) is 0.324. The maximum atomic E-state index is 14.1. The van der Waals surface area contributed by atoms with Crippen molar-refractivity contribution in [1.82, 2.24) is 25.8 Å². The number of aliphatic hydroxyl groups excluding tert-OH is 1. The van der Waals surface area contributed by atoms with Crippen LogP contribution < -0.4 is 16.0 Å². The van der Waals surface area contributed by atoms with Crippen LogP contribution in [-0.4, -0.2) is 69.7 Å². The number of benzene rings is 3. The summed E-state index contributed by atoms with van der Waals surface area (Å²) < 4.78 is 0. The van der Waals surface area contributed by atoms with E-state index < -0.39 is 30.4 Å². The summed E-state index contributed by atoms with van der Waals surface area (Å²) in [4.78, 5) is 46.5. The Morgan fingerprint density at radius 3 is 2.12 bits per heavy atom. The Hall–Kier alpha value is -4.47. The van der Waals surface area contributed by atoms with E-state index >= 15 is 0 Å². The monoisotopic (exact) mass is 579 g/mol. The average molecular weight is 580 g/mol. The second-order valence-electron chi connectivity index (χ2n) is 11.5. The molecule has 4 aromatic rings. The first-order valence-electron chi connectivity index (χ1n) is 14.9. The minimum Gasteiger partial charge on any atom is -0.376 e. The predicted octanol–water partition coefficient (Wildman–Crippen LogP) is 2.45. The molecular weight excluding hydrogens is 542 g/mol. The van der Waals surface area contributed by atoms with Crippen LogP contribution in [0.1, 0.15) is 29.5 Å². The van der Waals surface area contributed by atoms with Crippen molar-refractivity contribution in [3.8, 4) is 0 Å². The molecule has 0 aliphatic carbocycles. The van der Waals surface area contributed by atoms with Crippen molar-refractivity contribution < 1.29 is 19.5 Å². The van der Waals surface area contributed by atoms with Crippen molar-refractivity contribution in [2.75, 3.05) is 6.54 Å². The molecule has 2 saturated heterocycles. The highest BCUT2D eigenvalue weighted by molar-refractivity contribution is 5.94. The molecule has 3 amide bonds. The predicted molar refractivity (Wildman–Crippen MR) is 164 cm³/mol. The van der Waals surface area contributed by atoms with Gasteiger partial charge in [0, 0.05) is 30.1 Å². The average Bonchev–Trinajstić information content (AvgIpc) is 3.68. The number of H-pyrrole nitrogens is 1. The van der Waals surface area contributed by atoms with Crippen LogP contribution in [0.5, 0.6) is 0 Å². The highest BCUT2D eigenvalue weighted by atomic mass is 16.3. The quantitative estimate of drug-likeness (QED) is 0.240. The zero-order valence-electron chi connectivity index (χ0n) is 23.9. The number of aromatic nitrogens is 1. The molecular formula is C34H37N5O4. The lowest BCUT2D eigenvalue weighted by Crippen LogP contribution is -2.63. The first-order chi connectivity index (χ1) is 21.0. The van der Waals surface area contributed by atoms with Gasteiger partial charge in [-0.25, -0.2) is 0 Å². The fourth-order valence-corrected chi connectivity index (χ4v) is 6.28. The van der Waals surface area contributed by atoms with Crippen LogP contribution in [0.3, 0.4) is 0 Å². The molecule has 3 aromatic carbocycles. The zero-order chi connectivity index (χ0) is 29.8. The summed E-state index contributed by atoms with van der Waals surface area (Å²) in [7, 11) is 0. The van der Waals surface area contributed by atoms with E-state index in [4.69, 9.17) is 0 Å². The molecule has 9 nitrogen and oxygen atoms in total. The second-order valence-corrected chi connectivity index (χ2v) is 11.5. The molecule has 9 heteroatoms. The SMILES string of the molecule is O=C1N[C@H](Cc2ccccc2)C(=O)N[C@@H](Cc2c[nH]c3ccccc23)C(O)N[C@@H](Cc2ccccc2)C(=O)N2CCC[C@H]12. The molecule has 222 valence electrons. The van der Waals surface area contributed by atoms with Gasteiger partial charge in [-0.2, -0.15) is 0 Å². The lowest BCUT2D eigenvalue weighted by atomic mass is 9.99. The Balaban J connectivity index is 1.35. The van der Waals surface area contributed by atoms with Crippen LogP contribution in [0.25, 0.3) is 10.9 Å². The smallest absolute Gasteiger partial charge is 0.243 e. The number of rotatable bonds is 6. The summed E-state index contributed by atoms with van der Waals surface area (Å²) in [5, 5.41) is 21.8. The third kappa shape index (κ3) is 6.48. The number of nitrogens with one attached hydrogen (secondary N) is 4. The number of fused-ring (bicyclic) bond motifs is 2. The number of carbonyl (C=O) groups excluding carboxylic acids is 3. The van der Waals surface area contributed by atoms with Gasteiger partial charge in [0.25, 0.3) is 0 Å². The summed E-state index contributed by atoms with van der Waals surface area (Å²) in [6.07, 6.45) is 2.73. The van der Waals surface area contributed by atoms with Crippen molar-refractivity contribution in [2.24, 2.45) is 0 Å². The lowest BCUT2D eigenvalue weighted by Gasteiger charge is -2.35. The van der Waals surface area contributed by atoms with Gasteiger partial charge >= 0.3 is 0 Å². The summed E-state index contributed by atoms with van der Waals surface area (Å²) >= 11 is 0. The normalized spacial score (nSPS) is 25.0. The molecule has 1 unspecified atom stereocenters. The maximum absolute atomic E-state index is 14.1. The van der Waals surface area contributed by atoms with Crippen molar-refractivity contribution in [2.45, 2.75) is 62.5 Å². The molecule has 0 bridgehead atoms. The van der Waals surface area contributed by atoms with Crippen molar-refractivity contribution in [1.29, 1.82) is 0 Å². The van der Waals surface area contributed by atoms with Gasteiger partial charge in [0.15, 0.2) is 0 Å². The molecule has 3 heterocycles. The Morgan fingerprint density at radius 1 is 0.744 bits per heavy atom. The zero-order valence-corrected chi connectivity index (χ0v) is 23.9. The number of aliphatic hydroxyl groups is 1. The van der Waals surface area contributed by atoms with Gasteiger partial charge in [0.2, 0.25) is 17.7 Å². The van der Waals surface area contributed by atoms with E-state index in [2.05, 4.69) is 20.9 Å². The third-order valence-corrected chi connectivity index (χ3v) is 8.53. The van der Waals surface area contributed by atoms with Gasteiger partial charge in [-0.3, -0.25) is 19.7 Å². The third-order valence-electron chi connectivity index (χ3n) is 8.53. The first kappa shape index (κ1) is 28.6. The van der Waals surface area contributed by atoms with E-state index in [9.17, 15) is 19.5 Å². The number of amides is 3. The summed E-state index contributed by atoms with van der Waals surface area (Å²) in [6, 6.07) is 23.8. The Bertz CT molecular complexity index is 1570. The second kappa shape index (κ2) is 12.8. The van der Waals surface area contributed by atoms with Crippen LogP contribution in [0.15, 0.2) is 91.1 Å². The molecule has 43 heavy (non-hydrogen) atoms. The Labute approximate surface area is 250 Å². The van der Waals surface area contributed by atoms with Gasteiger partial charge in [-0.1, -0.05) is 78.9 Å². The molecule has 1 aromatic heterocycles. The number of hydrogen-bond acceptors (Lipinski definition) is 5. The highest BCUT2D eigenvalue weighted by Crippen LogP contribution is 2.23. The molecule has 5 atom stereocenters. The van der Waals surface area contributed by atoms with E-state index in [-0.39, 0.29) is 24.1 Å². The molecule has 5 N–H and O–H groups in total. The van der Waals surface area contributed by atoms with E-state index in [1.54, 1.807) is 4.90 Å². The van der Waals surface area contributed by atoms with E-state index in [1.807, 2.05) is 91.1 Å². The largest absolute Gasteiger partial charge is 0.376 e. The minimum absolute atomic E-state index is 0.238. The fourth-order valence-electron chi connectivity index (χ4n) is 6.28. The highest BCUT2D eigenvalue weighted by Gasteiger charge is 2.40. The van der Waals surface area contributed by atoms with Crippen molar-refractivity contribution in [3.05, 3.63) is 108 Å². The molecule has 2 aliphatic rings. The number of aromatic amines is 1. The Kier molecular flexibility index (Phi) is 8.53. The van der Waals surface area contributed by atoms with Crippen molar-refractivity contribution in [3.63, 3.8) is 0 Å². The van der Waals surface area contributed by atoms with Gasteiger partial charge < -0.3 is 25.6 Å². The van der Waals surface area contributed by atoms with Gasteiger partial charge in [-0.15, -0.1) is 0 Å². The summed E-state index contributed by atoms with van der Waals surface area (Å²) in [6.45, 7) is 0.439. The maximum Gasteiger partial charge on any atom is 0.243 e. The van der Waals surface area contributed by atoms with E-state index in [0.29, 0.717) is 32.2 Å². The van der Waals surface area contributed by atoms with Crippen LogP contribution >= 0.6 is 0 Å². The molecule has 0 spiro atoms. The summed E-state index contributed by atoms with van der Waals surface area (Å²) in [5.41, 5.74) is 3.69. The van der Waals surface area contributed by atoms with Crippen LogP contribution in [0, 0.1) is 0 Å². The number of para-hydroxylation sites is 1.